The van der Waals surface area contributed by atoms with Crippen LogP contribution < -0.4 is 10.2 Å². The smallest absolute Gasteiger partial charge is 0.217 e. The monoisotopic (exact) mass is 696 g/mol. The van der Waals surface area contributed by atoms with Gasteiger partial charge in [0.15, 0.2) is 5.78 Å². The summed E-state index contributed by atoms with van der Waals surface area (Å²) >= 11 is 0. The number of sulfone groups is 1. The van der Waals surface area contributed by atoms with Gasteiger partial charge in [-0.2, -0.15) is 5.26 Å². The second-order valence-corrected chi connectivity index (χ2v) is 16.1. The van der Waals surface area contributed by atoms with Crippen LogP contribution in [0.4, 0.5) is 10.1 Å². The van der Waals surface area contributed by atoms with Gasteiger partial charge in [0.05, 0.1) is 21.3 Å². The average Bonchev–Trinajstić information content (AvgIpc) is 3.55. The highest BCUT2D eigenvalue weighted by Crippen LogP contribution is 2.50. The van der Waals surface area contributed by atoms with Crippen LogP contribution in [-0.4, -0.2) is 63.8 Å². The normalized spacial score (nSPS) is 21.5. The van der Waals surface area contributed by atoms with E-state index in [4.69, 9.17) is 0 Å². The molecule has 50 heavy (non-hydrogen) atoms. The minimum atomic E-state index is -3.74. The number of nitriles is 1. The summed E-state index contributed by atoms with van der Waals surface area (Å²) in [6.45, 7) is 9.40. The van der Waals surface area contributed by atoms with Crippen molar-refractivity contribution in [3.05, 3.63) is 102 Å². The molecule has 0 spiro atoms. The van der Waals surface area contributed by atoms with Crippen molar-refractivity contribution in [1.29, 1.82) is 5.26 Å². The molecular formula is C40H45FN4O4S. The fourth-order valence-electron chi connectivity index (χ4n) is 8.58. The van der Waals surface area contributed by atoms with E-state index in [2.05, 4.69) is 27.8 Å². The molecule has 2 heterocycles. The predicted octanol–water partition coefficient (Wildman–Crippen LogP) is 5.87. The number of nitrogens with one attached hydrogen (secondary N) is 1. The number of carbonyl (C=O) groups is 2. The molecule has 2 aliphatic heterocycles. The van der Waals surface area contributed by atoms with Crippen molar-refractivity contribution in [2.75, 3.05) is 37.6 Å². The maximum Gasteiger partial charge on any atom is 0.217 e. The van der Waals surface area contributed by atoms with E-state index < -0.39 is 15.3 Å². The Hall–Kier alpha value is -4.33. The molecule has 3 aliphatic rings. The molecule has 0 unspecified atom stereocenters. The van der Waals surface area contributed by atoms with Crippen LogP contribution in [0.3, 0.4) is 0 Å². The fraction of sp³-hybridized carbons (Fsp3) is 0.425. The van der Waals surface area contributed by atoms with E-state index in [9.17, 15) is 27.7 Å². The van der Waals surface area contributed by atoms with Crippen molar-refractivity contribution < 1.29 is 22.4 Å². The highest BCUT2D eigenvalue weighted by Gasteiger charge is 2.52. The van der Waals surface area contributed by atoms with Crippen LogP contribution in [0, 0.1) is 34.9 Å². The fourth-order valence-corrected chi connectivity index (χ4v) is 9.91. The van der Waals surface area contributed by atoms with Gasteiger partial charge < -0.3 is 15.1 Å². The maximum absolute atomic E-state index is 14.6. The van der Waals surface area contributed by atoms with E-state index in [-0.39, 0.29) is 51.6 Å². The highest BCUT2D eigenvalue weighted by atomic mass is 32.2. The second kappa shape index (κ2) is 14.9. The van der Waals surface area contributed by atoms with E-state index in [0.29, 0.717) is 11.5 Å². The van der Waals surface area contributed by atoms with Crippen LogP contribution in [0.5, 0.6) is 0 Å². The maximum atomic E-state index is 14.6. The standard InChI is InChI=1S/C40H45FN4O4S/c1-3-35(47)21-29-7-4-10-37(22-29)50(48,49)36-15-13-34(14-16-36)45-25-30(26-45)24-44-19-17-31(18-20-44)40(27-42,32-8-5-9-33(41)23-32)38-11-6-12-39(38)43-28(2)46/h3-5,7-10,13-16,22-23,30-31,38-39H,1,6,11-12,17-21,24-26H2,2H3,(H,43,46)/t38-,39-,40-/m0/s1. The molecule has 1 saturated carbocycles. The minimum absolute atomic E-state index is 0.0506. The molecule has 6 rings (SSSR count). The number of carbonyl (C=O) groups excluding carboxylic acids is 2. The Labute approximate surface area is 294 Å². The largest absolute Gasteiger partial charge is 0.371 e. The number of halogens is 1. The molecule has 1 N–H and O–H groups in total. The number of rotatable bonds is 12. The highest BCUT2D eigenvalue weighted by molar-refractivity contribution is 7.91. The second-order valence-electron chi connectivity index (χ2n) is 14.2. The molecule has 3 fully saturated rings. The van der Waals surface area contributed by atoms with Gasteiger partial charge in [0.25, 0.3) is 0 Å². The minimum Gasteiger partial charge on any atom is -0.371 e. The molecule has 3 aromatic carbocycles. The van der Waals surface area contributed by atoms with Crippen LogP contribution >= 0.6 is 0 Å². The Bertz CT molecular complexity index is 1880. The number of nitrogens with zero attached hydrogens (tertiary/aromatic N) is 3. The lowest BCUT2D eigenvalue weighted by molar-refractivity contribution is -0.120. The summed E-state index contributed by atoms with van der Waals surface area (Å²) in [6.07, 6.45) is 5.58. The molecule has 0 radical (unpaired) electrons. The zero-order valence-corrected chi connectivity index (χ0v) is 29.4. The number of hydrogen-bond acceptors (Lipinski definition) is 7. The number of likely N-dealkylation sites (tertiary alicyclic amines) is 1. The first-order chi connectivity index (χ1) is 24.0. The molecule has 10 heteroatoms. The van der Waals surface area contributed by atoms with Crippen LogP contribution in [0.1, 0.15) is 50.2 Å². The molecule has 3 atom stereocenters. The number of ketones is 1. The van der Waals surface area contributed by atoms with Crippen molar-refractivity contribution >= 4 is 27.2 Å². The van der Waals surface area contributed by atoms with Gasteiger partial charge in [-0.05, 0) is 110 Å². The summed E-state index contributed by atoms with van der Waals surface area (Å²) < 4.78 is 41.2. The summed E-state index contributed by atoms with van der Waals surface area (Å²) in [4.78, 5) is 28.9. The number of allylic oxidation sites excluding steroid dienone is 1. The van der Waals surface area contributed by atoms with Crippen molar-refractivity contribution in [3.8, 4) is 6.07 Å². The molecule has 1 aliphatic carbocycles. The first-order valence-corrected chi connectivity index (χ1v) is 19.0. The Morgan fingerprint density at radius 2 is 1.72 bits per heavy atom. The third-order valence-corrected chi connectivity index (χ3v) is 12.8. The van der Waals surface area contributed by atoms with Gasteiger partial charge in [-0.15, -0.1) is 0 Å². The molecule has 0 aromatic heterocycles. The number of hydrogen-bond donors (Lipinski definition) is 1. The predicted molar refractivity (Wildman–Crippen MR) is 191 cm³/mol. The van der Waals surface area contributed by atoms with Gasteiger partial charge in [-0.1, -0.05) is 37.3 Å². The van der Waals surface area contributed by atoms with Crippen LogP contribution in [0.25, 0.3) is 0 Å². The van der Waals surface area contributed by atoms with Crippen LogP contribution in [0.2, 0.25) is 0 Å². The van der Waals surface area contributed by atoms with Crippen molar-refractivity contribution in [2.24, 2.45) is 17.8 Å². The van der Waals surface area contributed by atoms with E-state index >= 15 is 0 Å². The lowest BCUT2D eigenvalue weighted by Crippen LogP contribution is -2.55. The average molecular weight is 697 g/mol. The summed E-state index contributed by atoms with van der Waals surface area (Å²) in [5.74, 6) is -0.162. The molecule has 1 amide bonds. The molecule has 8 nitrogen and oxygen atoms in total. The number of benzene rings is 3. The van der Waals surface area contributed by atoms with E-state index in [1.807, 2.05) is 18.2 Å². The van der Waals surface area contributed by atoms with Gasteiger partial charge in [0.1, 0.15) is 5.82 Å². The Balaban J connectivity index is 1.06. The van der Waals surface area contributed by atoms with Gasteiger partial charge in [0, 0.05) is 56.5 Å². The first-order valence-electron chi connectivity index (χ1n) is 17.5. The third kappa shape index (κ3) is 7.26. The van der Waals surface area contributed by atoms with Crippen LogP contribution in [0.15, 0.2) is 95.2 Å². The van der Waals surface area contributed by atoms with Crippen molar-refractivity contribution in [3.63, 3.8) is 0 Å². The Morgan fingerprint density at radius 3 is 2.38 bits per heavy atom. The first kappa shape index (κ1) is 35.5. The summed E-state index contributed by atoms with van der Waals surface area (Å²) in [6, 6.07) is 22.6. The number of anilines is 1. The topological polar surface area (TPSA) is 111 Å². The van der Waals surface area contributed by atoms with Crippen molar-refractivity contribution in [2.45, 2.75) is 66.7 Å². The van der Waals surface area contributed by atoms with Gasteiger partial charge in [-0.3, -0.25) is 9.59 Å². The zero-order chi connectivity index (χ0) is 35.5. The molecule has 0 bridgehead atoms. The Kier molecular flexibility index (Phi) is 10.6. The summed E-state index contributed by atoms with van der Waals surface area (Å²) in [5, 5.41) is 14.0. The summed E-state index contributed by atoms with van der Waals surface area (Å²) in [7, 11) is -3.74. The summed E-state index contributed by atoms with van der Waals surface area (Å²) in [5.41, 5.74) is 1.45. The van der Waals surface area contributed by atoms with Gasteiger partial charge in [0.2, 0.25) is 15.7 Å². The zero-order valence-electron chi connectivity index (χ0n) is 28.6. The number of amides is 1. The lowest BCUT2D eigenvalue weighted by Gasteiger charge is -2.48. The van der Waals surface area contributed by atoms with E-state index in [0.717, 1.165) is 76.1 Å². The van der Waals surface area contributed by atoms with Gasteiger partial charge in [-0.25, -0.2) is 12.8 Å². The van der Waals surface area contributed by atoms with Crippen molar-refractivity contribution in [1.82, 2.24) is 10.2 Å². The quantitative estimate of drug-likeness (QED) is 0.236. The lowest BCUT2D eigenvalue weighted by atomic mass is 9.59. The SMILES string of the molecule is C=CC(=O)Cc1cccc(S(=O)(=O)c2ccc(N3CC(CN4CCC([C@@](C#N)(c5cccc(F)c5)[C@H]5CCC[C@@H]5NC(C)=O)CC4)C3)cc2)c1. The molecular weight excluding hydrogens is 652 g/mol. The van der Waals surface area contributed by atoms with Gasteiger partial charge >= 0.3 is 0 Å². The Morgan fingerprint density at radius 1 is 1.00 bits per heavy atom. The molecule has 2 saturated heterocycles. The molecule has 3 aromatic rings. The van der Waals surface area contributed by atoms with E-state index in [1.54, 1.807) is 42.5 Å². The number of piperidine rings is 1. The van der Waals surface area contributed by atoms with E-state index in [1.165, 1.54) is 25.1 Å². The molecule has 262 valence electrons. The third-order valence-electron chi connectivity index (χ3n) is 11.0. The van der Waals surface area contributed by atoms with Crippen LogP contribution in [-0.2, 0) is 31.3 Å².